The fourth-order valence-electron chi connectivity index (χ4n) is 3.21. The van der Waals surface area contributed by atoms with Gasteiger partial charge in [0.05, 0.1) is 25.5 Å². The summed E-state index contributed by atoms with van der Waals surface area (Å²) in [5, 5.41) is 2.89. The first-order valence-electron chi connectivity index (χ1n) is 9.87. The number of hydrogen-bond acceptors (Lipinski definition) is 6. The highest BCUT2D eigenvalue weighted by Gasteiger charge is 2.20. The fourth-order valence-corrected chi connectivity index (χ4v) is 3.21. The van der Waals surface area contributed by atoms with E-state index in [9.17, 15) is 9.59 Å². The summed E-state index contributed by atoms with van der Waals surface area (Å²) < 4.78 is 11.9. The zero-order valence-corrected chi connectivity index (χ0v) is 17.0. The van der Waals surface area contributed by atoms with E-state index < -0.39 is 0 Å². The van der Waals surface area contributed by atoms with Crippen molar-refractivity contribution < 1.29 is 14.3 Å². The number of anilines is 1. The average Bonchev–Trinajstić information content (AvgIpc) is 2.75. The van der Waals surface area contributed by atoms with Crippen LogP contribution in [-0.4, -0.2) is 48.9 Å². The van der Waals surface area contributed by atoms with Crippen LogP contribution in [0, 0.1) is 0 Å². The molecule has 0 saturated carbocycles. The van der Waals surface area contributed by atoms with Crippen LogP contribution in [0.25, 0.3) is 0 Å². The Balaban J connectivity index is 1.73. The molecule has 1 aliphatic heterocycles. The molecule has 3 rings (SSSR count). The van der Waals surface area contributed by atoms with Gasteiger partial charge >= 0.3 is 0 Å². The molecule has 1 amide bonds. The predicted octanol–water partition coefficient (Wildman–Crippen LogP) is 1.11. The first kappa shape index (κ1) is 21.0. The molecule has 8 nitrogen and oxygen atoms in total. The molecule has 0 radical (unpaired) electrons. The highest BCUT2D eigenvalue weighted by atomic mass is 16.5. The van der Waals surface area contributed by atoms with E-state index in [1.807, 2.05) is 17.0 Å². The minimum Gasteiger partial charge on any atom is -0.378 e. The summed E-state index contributed by atoms with van der Waals surface area (Å²) in [5.74, 6) is 0.248. The van der Waals surface area contributed by atoms with Crippen molar-refractivity contribution in [3.8, 4) is 0 Å². The predicted molar refractivity (Wildman–Crippen MR) is 110 cm³/mol. The molecular formula is C21H28N4O4. The smallest absolute Gasteiger partial charge is 0.255 e. The van der Waals surface area contributed by atoms with Crippen molar-refractivity contribution in [3.05, 3.63) is 57.5 Å². The van der Waals surface area contributed by atoms with Crippen molar-refractivity contribution in [3.63, 3.8) is 0 Å². The van der Waals surface area contributed by atoms with Crippen LogP contribution in [0.4, 0.5) is 5.95 Å². The monoisotopic (exact) mass is 400 g/mol. The molecule has 0 bridgehead atoms. The van der Waals surface area contributed by atoms with Crippen LogP contribution < -0.4 is 15.8 Å². The molecule has 1 aromatic carbocycles. The summed E-state index contributed by atoms with van der Waals surface area (Å²) in [7, 11) is 1.56. The van der Waals surface area contributed by atoms with E-state index in [-0.39, 0.29) is 24.6 Å². The Labute approximate surface area is 170 Å². The van der Waals surface area contributed by atoms with Gasteiger partial charge in [-0.15, -0.1) is 0 Å². The van der Waals surface area contributed by atoms with E-state index in [0.717, 1.165) is 12.0 Å². The number of carbonyl (C=O) groups is 1. The third-order valence-electron chi connectivity index (χ3n) is 4.85. The second-order valence-electron chi connectivity index (χ2n) is 6.95. The molecular weight excluding hydrogens is 372 g/mol. The van der Waals surface area contributed by atoms with Gasteiger partial charge in [-0.2, -0.15) is 0 Å². The minimum absolute atomic E-state index is 0.0845. The van der Waals surface area contributed by atoms with Crippen molar-refractivity contribution in [2.75, 3.05) is 38.3 Å². The Morgan fingerprint density at radius 1 is 1.21 bits per heavy atom. The molecule has 0 spiro atoms. The van der Waals surface area contributed by atoms with Gasteiger partial charge in [0.15, 0.2) is 0 Å². The first-order valence-corrected chi connectivity index (χ1v) is 9.87. The lowest BCUT2D eigenvalue weighted by Crippen LogP contribution is -2.42. The van der Waals surface area contributed by atoms with Crippen LogP contribution in [0.15, 0.2) is 35.1 Å². The van der Waals surface area contributed by atoms with Gasteiger partial charge in [0.2, 0.25) is 11.9 Å². The van der Waals surface area contributed by atoms with Gasteiger partial charge in [-0.1, -0.05) is 31.2 Å². The molecule has 1 saturated heterocycles. The van der Waals surface area contributed by atoms with Crippen LogP contribution in [0.1, 0.15) is 23.7 Å². The number of benzene rings is 1. The minimum atomic E-state index is -0.268. The van der Waals surface area contributed by atoms with Crippen LogP contribution in [0.2, 0.25) is 0 Å². The molecule has 2 aromatic rings. The van der Waals surface area contributed by atoms with Gasteiger partial charge in [-0.05, 0) is 17.5 Å². The topological polar surface area (TPSA) is 85.7 Å². The molecule has 1 aliphatic rings. The van der Waals surface area contributed by atoms with Gasteiger partial charge in [0.1, 0.15) is 6.54 Å². The lowest BCUT2D eigenvalue weighted by atomic mass is 10.1. The maximum absolute atomic E-state index is 12.7. The van der Waals surface area contributed by atoms with Crippen LogP contribution in [-0.2, 0) is 40.4 Å². The summed E-state index contributed by atoms with van der Waals surface area (Å²) in [6.45, 7) is 5.04. The third kappa shape index (κ3) is 5.65. The van der Waals surface area contributed by atoms with Crippen molar-refractivity contribution in [1.29, 1.82) is 0 Å². The van der Waals surface area contributed by atoms with Crippen molar-refractivity contribution in [1.82, 2.24) is 14.9 Å². The summed E-state index contributed by atoms with van der Waals surface area (Å²) in [6, 6.07) is 9.54. The number of amides is 1. The SMILES string of the molecule is CCc1ccc(CNC(=O)Cn2c(N3CCOCC3)nc(COC)cc2=O)cc1. The van der Waals surface area contributed by atoms with Crippen LogP contribution in [0.5, 0.6) is 0 Å². The number of hydrogen-bond donors (Lipinski definition) is 1. The Kier molecular flexibility index (Phi) is 7.37. The molecule has 0 aliphatic carbocycles. The number of nitrogens with one attached hydrogen (secondary N) is 1. The number of ether oxygens (including phenoxy) is 2. The van der Waals surface area contributed by atoms with E-state index in [2.05, 4.69) is 29.4 Å². The van der Waals surface area contributed by atoms with E-state index in [0.29, 0.717) is 44.5 Å². The highest BCUT2D eigenvalue weighted by molar-refractivity contribution is 5.76. The lowest BCUT2D eigenvalue weighted by molar-refractivity contribution is -0.121. The van der Waals surface area contributed by atoms with E-state index >= 15 is 0 Å². The molecule has 0 atom stereocenters. The normalized spacial score (nSPS) is 14.1. The van der Waals surface area contributed by atoms with Crippen molar-refractivity contribution in [2.45, 2.75) is 33.0 Å². The maximum atomic E-state index is 12.7. The van der Waals surface area contributed by atoms with Crippen LogP contribution >= 0.6 is 0 Å². The molecule has 1 aromatic heterocycles. The molecule has 8 heteroatoms. The number of carbonyl (C=O) groups excluding carboxylic acids is 1. The average molecular weight is 400 g/mol. The van der Waals surface area contributed by atoms with E-state index in [1.165, 1.54) is 16.2 Å². The summed E-state index contributed by atoms with van der Waals surface area (Å²) in [6.07, 6.45) is 0.978. The molecule has 29 heavy (non-hydrogen) atoms. The van der Waals surface area contributed by atoms with Gasteiger partial charge in [-0.25, -0.2) is 4.98 Å². The number of nitrogens with zero attached hydrogens (tertiary/aromatic N) is 3. The highest BCUT2D eigenvalue weighted by Crippen LogP contribution is 2.13. The molecule has 156 valence electrons. The molecule has 0 unspecified atom stereocenters. The van der Waals surface area contributed by atoms with Gasteiger partial charge in [0, 0.05) is 32.8 Å². The molecule has 1 fully saturated rings. The lowest BCUT2D eigenvalue weighted by Gasteiger charge is -2.29. The fraction of sp³-hybridized carbons (Fsp3) is 0.476. The van der Waals surface area contributed by atoms with Crippen molar-refractivity contribution in [2.24, 2.45) is 0 Å². The molecule has 1 N–H and O–H groups in total. The largest absolute Gasteiger partial charge is 0.378 e. The van der Waals surface area contributed by atoms with Gasteiger partial charge in [0.25, 0.3) is 5.56 Å². The van der Waals surface area contributed by atoms with Gasteiger partial charge in [-0.3, -0.25) is 14.2 Å². The number of rotatable bonds is 8. The number of aryl methyl sites for hydroxylation is 1. The summed E-state index contributed by atoms with van der Waals surface area (Å²) >= 11 is 0. The zero-order valence-electron chi connectivity index (χ0n) is 17.0. The Bertz CT molecular complexity index is 873. The van der Waals surface area contributed by atoms with Crippen LogP contribution in [0.3, 0.4) is 0 Å². The number of methoxy groups -OCH3 is 1. The molecule has 2 heterocycles. The first-order chi connectivity index (χ1) is 14.1. The Morgan fingerprint density at radius 3 is 2.55 bits per heavy atom. The summed E-state index contributed by atoms with van der Waals surface area (Å²) in [5.41, 5.74) is 2.55. The van der Waals surface area contributed by atoms with E-state index in [1.54, 1.807) is 7.11 Å². The zero-order chi connectivity index (χ0) is 20.6. The number of morpholine rings is 1. The maximum Gasteiger partial charge on any atom is 0.255 e. The van der Waals surface area contributed by atoms with Crippen molar-refractivity contribution >= 4 is 11.9 Å². The Morgan fingerprint density at radius 2 is 1.90 bits per heavy atom. The Hall–Kier alpha value is -2.71. The van der Waals surface area contributed by atoms with Gasteiger partial charge < -0.3 is 19.7 Å². The second-order valence-corrected chi connectivity index (χ2v) is 6.95. The van der Waals surface area contributed by atoms with E-state index in [4.69, 9.17) is 9.47 Å². The quantitative estimate of drug-likeness (QED) is 0.714. The standard InChI is InChI=1S/C21H28N4O4/c1-3-16-4-6-17(7-5-16)13-22-19(26)14-25-20(27)12-18(15-28-2)23-21(25)24-8-10-29-11-9-24/h4-7,12H,3,8-11,13-15H2,1-2H3,(H,22,26). The summed E-state index contributed by atoms with van der Waals surface area (Å²) in [4.78, 5) is 31.8. The second kappa shape index (κ2) is 10.2. The number of aromatic nitrogens is 2. The third-order valence-corrected chi connectivity index (χ3v) is 4.85.